The summed E-state index contributed by atoms with van der Waals surface area (Å²) in [6, 6.07) is 9.14. The second-order valence-electron chi connectivity index (χ2n) is 5.01. The van der Waals surface area contributed by atoms with E-state index in [4.69, 9.17) is 0 Å². The summed E-state index contributed by atoms with van der Waals surface area (Å²) in [4.78, 5) is 2.40. The highest BCUT2D eigenvalue weighted by atomic mass is 79.9. The van der Waals surface area contributed by atoms with Crippen molar-refractivity contribution >= 4 is 15.9 Å². The van der Waals surface area contributed by atoms with E-state index in [1.165, 1.54) is 25.1 Å². The molecule has 1 heterocycles. The summed E-state index contributed by atoms with van der Waals surface area (Å²) in [7, 11) is 2.20. The van der Waals surface area contributed by atoms with Crippen LogP contribution < -0.4 is 10.6 Å². The standard InChI is InChI=1S/C14H22BrN3/c1-18-9-8-17-14(11-18)6-7-16-10-12-2-4-13(15)5-3-12/h2-5,14,16-17H,6-11H2,1H3. The van der Waals surface area contributed by atoms with Crippen LogP contribution in [0.3, 0.4) is 0 Å². The van der Waals surface area contributed by atoms with E-state index >= 15 is 0 Å². The number of likely N-dealkylation sites (N-methyl/N-ethyl adjacent to an activating group) is 1. The minimum atomic E-state index is 0.640. The van der Waals surface area contributed by atoms with E-state index in [-0.39, 0.29) is 0 Å². The van der Waals surface area contributed by atoms with E-state index in [2.05, 4.69) is 62.8 Å². The average Bonchev–Trinajstić information content (AvgIpc) is 2.37. The van der Waals surface area contributed by atoms with Crippen molar-refractivity contribution in [3.8, 4) is 0 Å². The van der Waals surface area contributed by atoms with E-state index in [1.807, 2.05) is 0 Å². The van der Waals surface area contributed by atoms with Gasteiger partial charge in [0.05, 0.1) is 0 Å². The first kappa shape index (κ1) is 14.0. The monoisotopic (exact) mass is 311 g/mol. The number of nitrogens with zero attached hydrogens (tertiary/aromatic N) is 1. The minimum absolute atomic E-state index is 0.640. The van der Waals surface area contributed by atoms with Crippen molar-refractivity contribution in [3.63, 3.8) is 0 Å². The first-order valence-electron chi connectivity index (χ1n) is 6.61. The number of hydrogen-bond donors (Lipinski definition) is 2. The maximum atomic E-state index is 3.57. The molecule has 2 N–H and O–H groups in total. The molecular formula is C14H22BrN3. The van der Waals surface area contributed by atoms with Gasteiger partial charge in [-0.25, -0.2) is 0 Å². The summed E-state index contributed by atoms with van der Waals surface area (Å²) >= 11 is 3.45. The van der Waals surface area contributed by atoms with Gasteiger partial charge in [-0.3, -0.25) is 0 Å². The lowest BCUT2D eigenvalue weighted by atomic mass is 10.1. The van der Waals surface area contributed by atoms with Crippen molar-refractivity contribution in [2.45, 2.75) is 19.0 Å². The van der Waals surface area contributed by atoms with Crippen LogP contribution in [0.4, 0.5) is 0 Å². The maximum absolute atomic E-state index is 3.57. The molecule has 3 nitrogen and oxygen atoms in total. The number of nitrogens with one attached hydrogen (secondary N) is 2. The summed E-state index contributed by atoms with van der Waals surface area (Å²) in [5.74, 6) is 0. The molecule has 1 aromatic carbocycles. The fourth-order valence-corrected chi connectivity index (χ4v) is 2.56. The topological polar surface area (TPSA) is 27.3 Å². The maximum Gasteiger partial charge on any atom is 0.0207 e. The van der Waals surface area contributed by atoms with Crippen LogP contribution >= 0.6 is 15.9 Å². The van der Waals surface area contributed by atoms with Crippen molar-refractivity contribution in [2.75, 3.05) is 33.2 Å². The molecule has 100 valence electrons. The molecule has 1 unspecified atom stereocenters. The minimum Gasteiger partial charge on any atom is -0.313 e. The third-order valence-corrected chi connectivity index (χ3v) is 3.90. The zero-order valence-corrected chi connectivity index (χ0v) is 12.5. The van der Waals surface area contributed by atoms with Gasteiger partial charge in [0.15, 0.2) is 0 Å². The van der Waals surface area contributed by atoms with Crippen molar-refractivity contribution in [3.05, 3.63) is 34.3 Å². The van der Waals surface area contributed by atoms with E-state index in [0.29, 0.717) is 6.04 Å². The lowest BCUT2D eigenvalue weighted by Gasteiger charge is -2.30. The fourth-order valence-electron chi connectivity index (χ4n) is 2.30. The van der Waals surface area contributed by atoms with Crippen LogP contribution in [0.5, 0.6) is 0 Å². The number of halogens is 1. The zero-order chi connectivity index (χ0) is 12.8. The highest BCUT2D eigenvalue weighted by Crippen LogP contribution is 2.10. The first-order valence-corrected chi connectivity index (χ1v) is 7.40. The van der Waals surface area contributed by atoms with Gasteiger partial charge in [-0.2, -0.15) is 0 Å². The van der Waals surface area contributed by atoms with Crippen molar-refractivity contribution in [1.82, 2.24) is 15.5 Å². The lowest BCUT2D eigenvalue weighted by molar-refractivity contribution is 0.231. The smallest absolute Gasteiger partial charge is 0.0207 e. The Balaban J connectivity index is 1.62. The van der Waals surface area contributed by atoms with Crippen LogP contribution in [0.25, 0.3) is 0 Å². The van der Waals surface area contributed by atoms with Gasteiger partial charge in [-0.15, -0.1) is 0 Å². The molecule has 2 rings (SSSR count). The normalized spacial score (nSPS) is 21.1. The molecule has 1 atom stereocenters. The van der Waals surface area contributed by atoms with Crippen LogP contribution in [-0.2, 0) is 6.54 Å². The molecule has 18 heavy (non-hydrogen) atoms. The summed E-state index contributed by atoms with van der Waals surface area (Å²) in [5.41, 5.74) is 1.34. The number of hydrogen-bond acceptors (Lipinski definition) is 3. The summed E-state index contributed by atoms with van der Waals surface area (Å²) in [5, 5.41) is 7.08. The molecule has 1 aliphatic rings. The number of rotatable bonds is 5. The highest BCUT2D eigenvalue weighted by molar-refractivity contribution is 9.10. The van der Waals surface area contributed by atoms with E-state index in [1.54, 1.807) is 0 Å². The molecule has 0 radical (unpaired) electrons. The molecule has 1 saturated heterocycles. The van der Waals surface area contributed by atoms with Crippen LogP contribution in [-0.4, -0.2) is 44.2 Å². The van der Waals surface area contributed by atoms with Gasteiger partial charge in [0.2, 0.25) is 0 Å². The van der Waals surface area contributed by atoms with Crippen LogP contribution in [0, 0.1) is 0 Å². The Hall–Kier alpha value is -0.420. The summed E-state index contributed by atoms with van der Waals surface area (Å²) in [6.07, 6.45) is 1.20. The van der Waals surface area contributed by atoms with Crippen LogP contribution in [0.1, 0.15) is 12.0 Å². The van der Waals surface area contributed by atoms with Crippen molar-refractivity contribution < 1.29 is 0 Å². The Kier molecular flexibility index (Phi) is 5.63. The lowest BCUT2D eigenvalue weighted by Crippen LogP contribution is -2.49. The Bertz CT molecular complexity index is 353. The quantitative estimate of drug-likeness (QED) is 0.813. The van der Waals surface area contributed by atoms with Gasteiger partial charge >= 0.3 is 0 Å². The molecule has 4 heteroatoms. The molecule has 1 aromatic rings. The molecule has 0 amide bonds. The first-order chi connectivity index (χ1) is 8.74. The largest absolute Gasteiger partial charge is 0.313 e. The molecule has 0 saturated carbocycles. The highest BCUT2D eigenvalue weighted by Gasteiger charge is 2.15. The molecule has 0 spiro atoms. The number of benzene rings is 1. The summed E-state index contributed by atoms with van der Waals surface area (Å²) in [6.45, 7) is 5.48. The van der Waals surface area contributed by atoms with Gasteiger partial charge < -0.3 is 15.5 Å². The second kappa shape index (κ2) is 7.24. The fraction of sp³-hybridized carbons (Fsp3) is 0.571. The number of piperazine rings is 1. The predicted molar refractivity (Wildman–Crippen MR) is 79.8 cm³/mol. The van der Waals surface area contributed by atoms with Gasteiger partial charge in [0.25, 0.3) is 0 Å². The molecule has 1 fully saturated rings. The Morgan fingerprint density at radius 2 is 2.17 bits per heavy atom. The van der Waals surface area contributed by atoms with Gasteiger partial charge in [-0.1, -0.05) is 28.1 Å². The Labute approximate surface area is 118 Å². The average molecular weight is 312 g/mol. The zero-order valence-electron chi connectivity index (χ0n) is 11.0. The molecule has 0 aliphatic carbocycles. The predicted octanol–water partition coefficient (Wildman–Crippen LogP) is 1.83. The van der Waals surface area contributed by atoms with Crippen molar-refractivity contribution in [2.24, 2.45) is 0 Å². The third-order valence-electron chi connectivity index (χ3n) is 3.37. The van der Waals surface area contributed by atoms with Crippen LogP contribution in [0.2, 0.25) is 0 Å². The van der Waals surface area contributed by atoms with E-state index in [9.17, 15) is 0 Å². The molecule has 1 aliphatic heterocycles. The van der Waals surface area contributed by atoms with Crippen LogP contribution in [0.15, 0.2) is 28.7 Å². The molecule has 0 bridgehead atoms. The van der Waals surface area contributed by atoms with E-state index < -0.39 is 0 Å². The Morgan fingerprint density at radius 3 is 2.89 bits per heavy atom. The summed E-state index contributed by atoms with van der Waals surface area (Å²) < 4.78 is 1.14. The SMILES string of the molecule is CN1CCNC(CCNCc2ccc(Br)cc2)C1. The van der Waals surface area contributed by atoms with E-state index in [0.717, 1.165) is 24.1 Å². The van der Waals surface area contributed by atoms with Gasteiger partial charge in [0.1, 0.15) is 0 Å². The molecule has 0 aromatic heterocycles. The van der Waals surface area contributed by atoms with Gasteiger partial charge in [-0.05, 0) is 37.7 Å². The van der Waals surface area contributed by atoms with Crippen molar-refractivity contribution in [1.29, 1.82) is 0 Å². The Morgan fingerprint density at radius 1 is 1.39 bits per heavy atom. The molecular weight excluding hydrogens is 290 g/mol. The second-order valence-corrected chi connectivity index (χ2v) is 5.92. The van der Waals surface area contributed by atoms with Gasteiger partial charge in [0, 0.05) is 36.7 Å². The third kappa shape index (κ3) is 4.69.